The van der Waals surface area contributed by atoms with Crippen LogP contribution in [-0.4, -0.2) is 28.0 Å². The van der Waals surface area contributed by atoms with Gasteiger partial charge in [-0.25, -0.2) is 9.97 Å². The molecular weight excluding hydrogens is 290 g/mol. The molecule has 0 aliphatic carbocycles. The van der Waals surface area contributed by atoms with E-state index < -0.39 is 4.92 Å². The van der Waals surface area contributed by atoms with Gasteiger partial charge >= 0.3 is 5.69 Å². The number of nitrogens with one attached hydrogen (secondary N) is 1. The van der Waals surface area contributed by atoms with Crippen LogP contribution < -0.4 is 10.2 Å². The average molecular weight is 307 g/mol. The minimum absolute atomic E-state index is 0.0745. The molecule has 0 aliphatic rings. The lowest BCUT2D eigenvalue weighted by Crippen LogP contribution is -2.31. The van der Waals surface area contributed by atoms with Crippen LogP contribution in [0.25, 0.3) is 0 Å². The number of thiophene rings is 1. The Hall–Kier alpha value is -2.22. The van der Waals surface area contributed by atoms with Crippen LogP contribution in [0.5, 0.6) is 0 Å². The normalized spacial score (nSPS) is 10.7. The first-order valence-electron chi connectivity index (χ1n) is 6.50. The van der Waals surface area contributed by atoms with Gasteiger partial charge in [0.15, 0.2) is 0 Å². The second-order valence-electron chi connectivity index (χ2n) is 4.70. The predicted octanol–water partition coefficient (Wildman–Crippen LogP) is 2.90. The molecule has 0 bridgehead atoms. The molecule has 8 heteroatoms. The molecule has 0 radical (unpaired) electrons. The smallest absolute Gasteiger partial charge is 0.353 e. The zero-order chi connectivity index (χ0) is 15.4. The Labute approximate surface area is 126 Å². The number of hydrogen-bond donors (Lipinski definition) is 1. The van der Waals surface area contributed by atoms with E-state index in [4.69, 9.17) is 0 Å². The number of anilines is 2. The minimum Gasteiger partial charge on any atom is -0.367 e. The lowest BCUT2D eigenvalue weighted by Gasteiger charge is -2.27. The van der Waals surface area contributed by atoms with Gasteiger partial charge in [0.1, 0.15) is 6.33 Å². The molecule has 112 valence electrons. The van der Waals surface area contributed by atoms with Gasteiger partial charge in [0.05, 0.1) is 11.5 Å². The zero-order valence-corrected chi connectivity index (χ0v) is 12.9. The van der Waals surface area contributed by atoms with Crippen molar-refractivity contribution in [2.75, 3.05) is 17.3 Å². The van der Waals surface area contributed by atoms with Crippen LogP contribution in [0.1, 0.15) is 18.7 Å². The number of nitro groups is 1. The lowest BCUT2D eigenvalue weighted by atomic mass is 10.2. The monoisotopic (exact) mass is 307 g/mol. The van der Waals surface area contributed by atoms with Crippen LogP contribution >= 0.6 is 11.3 Å². The summed E-state index contributed by atoms with van der Waals surface area (Å²) < 4.78 is 0. The Morgan fingerprint density at radius 1 is 1.48 bits per heavy atom. The summed E-state index contributed by atoms with van der Waals surface area (Å²) in [7, 11) is 1.61. The summed E-state index contributed by atoms with van der Waals surface area (Å²) in [5.41, 5.74) is -0.0924. The number of aromatic nitrogens is 2. The van der Waals surface area contributed by atoms with E-state index in [0.717, 1.165) is 4.88 Å². The van der Waals surface area contributed by atoms with Crippen molar-refractivity contribution in [3.8, 4) is 0 Å². The van der Waals surface area contributed by atoms with Crippen molar-refractivity contribution in [1.29, 1.82) is 0 Å². The topological polar surface area (TPSA) is 84.2 Å². The van der Waals surface area contributed by atoms with Gasteiger partial charge in [0.25, 0.3) is 0 Å². The SMILES string of the molecule is CNc1ncnc(N(Cc2cccs2)C(C)C)c1[N+](=O)[O-]. The molecule has 0 atom stereocenters. The fourth-order valence-electron chi connectivity index (χ4n) is 2.00. The van der Waals surface area contributed by atoms with Crippen molar-refractivity contribution in [3.05, 3.63) is 38.8 Å². The fourth-order valence-corrected chi connectivity index (χ4v) is 2.71. The maximum atomic E-state index is 11.4. The van der Waals surface area contributed by atoms with Crippen LogP contribution in [-0.2, 0) is 6.54 Å². The Morgan fingerprint density at radius 2 is 2.24 bits per heavy atom. The summed E-state index contributed by atoms with van der Waals surface area (Å²) >= 11 is 1.62. The van der Waals surface area contributed by atoms with Gasteiger partial charge in [-0.1, -0.05) is 6.07 Å². The zero-order valence-electron chi connectivity index (χ0n) is 12.1. The summed E-state index contributed by atoms with van der Waals surface area (Å²) in [6.45, 7) is 4.55. The second-order valence-corrected chi connectivity index (χ2v) is 5.73. The molecule has 0 saturated heterocycles. The summed E-state index contributed by atoms with van der Waals surface area (Å²) in [5.74, 6) is 0.560. The van der Waals surface area contributed by atoms with Gasteiger partial charge in [-0.3, -0.25) is 10.1 Å². The van der Waals surface area contributed by atoms with Gasteiger partial charge in [0, 0.05) is 18.0 Å². The van der Waals surface area contributed by atoms with E-state index in [1.54, 1.807) is 18.4 Å². The van der Waals surface area contributed by atoms with Crippen LogP contribution in [0.2, 0.25) is 0 Å². The van der Waals surface area contributed by atoms with Crippen molar-refractivity contribution in [3.63, 3.8) is 0 Å². The van der Waals surface area contributed by atoms with E-state index >= 15 is 0 Å². The van der Waals surface area contributed by atoms with E-state index in [0.29, 0.717) is 12.4 Å². The largest absolute Gasteiger partial charge is 0.367 e. The maximum Gasteiger partial charge on any atom is 0.353 e. The van der Waals surface area contributed by atoms with E-state index in [1.165, 1.54) is 6.33 Å². The number of nitrogens with zero attached hydrogens (tertiary/aromatic N) is 4. The Bertz CT molecular complexity index is 615. The molecule has 2 rings (SSSR count). The molecule has 0 fully saturated rings. The van der Waals surface area contributed by atoms with Crippen molar-refractivity contribution >= 4 is 28.7 Å². The Kier molecular flexibility index (Phi) is 4.69. The summed E-state index contributed by atoms with van der Waals surface area (Å²) in [5, 5.41) is 16.1. The molecule has 0 aromatic carbocycles. The molecule has 2 heterocycles. The maximum absolute atomic E-state index is 11.4. The van der Waals surface area contributed by atoms with Crippen LogP contribution in [0.4, 0.5) is 17.3 Å². The number of hydrogen-bond acceptors (Lipinski definition) is 7. The van der Waals surface area contributed by atoms with E-state index in [-0.39, 0.29) is 17.5 Å². The first kappa shape index (κ1) is 15.2. The van der Waals surface area contributed by atoms with E-state index in [1.807, 2.05) is 36.3 Å². The highest BCUT2D eigenvalue weighted by Gasteiger charge is 2.28. The third-order valence-electron chi connectivity index (χ3n) is 3.02. The highest BCUT2D eigenvalue weighted by Crippen LogP contribution is 2.33. The summed E-state index contributed by atoms with van der Waals surface area (Å²) in [6.07, 6.45) is 1.35. The highest BCUT2D eigenvalue weighted by atomic mass is 32.1. The van der Waals surface area contributed by atoms with E-state index in [9.17, 15) is 10.1 Å². The highest BCUT2D eigenvalue weighted by molar-refractivity contribution is 7.09. The Balaban J connectivity index is 2.47. The van der Waals surface area contributed by atoms with Gasteiger partial charge in [-0.05, 0) is 25.3 Å². The molecule has 2 aromatic heterocycles. The van der Waals surface area contributed by atoms with Crippen LogP contribution in [0, 0.1) is 10.1 Å². The van der Waals surface area contributed by atoms with Gasteiger partial charge in [-0.15, -0.1) is 11.3 Å². The number of rotatable bonds is 6. The molecule has 2 aromatic rings. The van der Waals surface area contributed by atoms with Crippen LogP contribution in [0.3, 0.4) is 0 Å². The summed E-state index contributed by atoms with van der Waals surface area (Å²) in [4.78, 5) is 22.1. The first-order chi connectivity index (χ1) is 10.0. The second kappa shape index (κ2) is 6.49. The lowest BCUT2D eigenvalue weighted by molar-refractivity contribution is -0.383. The van der Waals surface area contributed by atoms with Crippen molar-refractivity contribution < 1.29 is 4.92 Å². The molecule has 1 N–H and O–H groups in total. The van der Waals surface area contributed by atoms with E-state index in [2.05, 4.69) is 15.3 Å². The molecular formula is C13H17N5O2S. The molecule has 0 aliphatic heterocycles. The fraction of sp³-hybridized carbons (Fsp3) is 0.385. The van der Waals surface area contributed by atoms with Crippen molar-refractivity contribution in [1.82, 2.24) is 9.97 Å². The Morgan fingerprint density at radius 3 is 2.76 bits per heavy atom. The van der Waals surface area contributed by atoms with Gasteiger partial charge in [0.2, 0.25) is 11.6 Å². The molecule has 0 amide bonds. The van der Waals surface area contributed by atoms with Crippen molar-refractivity contribution in [2.24, 2.45) is 0 Å². The predicted molar refractivity (Wildman–Crippen MR) is 83.9 cm³/mol. The molecule has 0 saturated carbocycles. The first-order valence-corrected chi connectivity index (χ1v) is 7.38. The summed E-state index contributed by atoms with van der Waals surface area (Å²) in [6, 6.07) is 4.04. The third-order valence-corrected chi connectivity index (χ3v) is 3.89. The minimum atomic E-state index is -0.440. The van der Waals surface area contributed by atoms with Gasteiger partial charge < -0.3 is 10.2 Å². The van der Waals surface area contributed by atoms with Crippen LogP contribution in [0.15, 0.2) is 23.8 Å². The average Bonchev–Trinajstić information content (AvgIpc) is 2.96. The third kappa shape index (κ3) is 3.27. The standard InChI is InChI=1S/C13H17N5O2S/c1-9(2)17(7-10-5-4-6-21-10)13-11(18(19)20)12(14-3)15-8-16-13/h4-6,8-9H,7H2,1-3H3,(H,14,15,16). The molecule has 7 nitrogen and oxygen atoms in total. The molecule has 21 heavy (non-hydrogen) atoms. The molecule has 0 spiro atoms. The van der Waals surface area contributed by atoms with Gasteiger partial charge in [-0.2, -0.15) is 0 Å². The molecule has 0 unspecified atom stereocenters. The van der Waals surface area contributed by atoms with Crippen molar-refractivity contribution in [2.45, 2.75) is 26.4 Å². The quantitative estimate of drug-likeness (QED) is 0.652.